The van der Waals surface area contributed by atoms with E-state index >= 15 is 0 Å². The molecule has 1 aliphatic rings. The zero-order chi connectivity index (χ0) is 15.7. The highest BCUT2D eigenvalue weighted by Gasteiger charge is 2.39. The van der Waals surface area contributed by atoms with Crippen LogP contribution < -0.4 is 5.32 Å². The number of carboxylic acid groups (broad SMARTS) is 1. The number of hydrogen-bond acceptors (Lipinski definition) is 3. The van der Waals surface area contributed by atoms with Crippen molar-refractivity contribution in [3.63, 3.8) is 0 Å². The van der Waals surface area contributed by atoms with E-state index in [2.05, 4.69) is 5.32 Å². The number of hydrogen-bond donors (Lipinski definition) is 3. The van der Waals surface area contributed by atoms with E-state index in [-0.39, 0.29) is 33.7 Å². The molecule has 0 spiro atoms. The van der Waals surface area contributed by atoms with Gasteiger partial charge in [0.15, 0.2) is 0 Å². The summed E-state index contributed by atoms with van der Waals surface area (Å²) < 4.78 is 0. The highest BCUT2D eigenvalue weighted by atomic mass is 35.5. The number of halogens is 3. The van der Waals surface area contributed by atoms with Gasteiger partial charge in [-0.2, -0.15) is 0 Å². The molecule has 0 aliphatic carbocycles. The number of carbonyl (C=O) groups excluding carboxylic acids is 1. The SMILES string of the molecule is O=C(O)[C@@H]1C[C@@H](O)CN1C(=O)Nc1cc(Cl)c(Cl)cc1Cl. The summed E-state index contributed by atoms with van der Waals surface area (Å²) in [7, 11) is 0. The predicted molar refractivity (Wildman–Crippen MR) is 79.2 cm³/mol. The van der Waals surface area contributed by atoms with Crippen molar-refractivity contribution < 1.29 is 19.8 Å². The third kappa shape index (κ3) is 3.52. The number of carboxylic acids is 1. The second-order valence-corrected chi connectivity index (χ2v) is 5.79. The molecule has 114 valence electrons. The fourth-order valence-corrected chi connectivity index (χ4v) is 2.67. The molecule has 1 fully saturated rings. The third-order valence-electron chi connectivity index (χ3n) is 3.08. The first-order valence-corrected chi connectivity index (χ1v) is 7.06. The highest BCUT2D eigenvalue weighted by Crippen LogP contribution is 2.32. The van der Waals surface area contributed by atoms with E-state index in [1.54, 1.807) is 0 Å². The summed E-state index contributed by atoms with van der Waals surface area (Å²) >= 11 is 17.6. The van der Waals surface area contributed by atoms with Crippen LogP contribution in [0.3, 0.4) is 0 Å². The maximum absolute atomic E-state index is 12.1. The average Bonchev–Trinajstić information content (AvgIpc) is 2.78. The molecule has 0 saturated carbocycles. The summed E-state index contributed by atoms with van der Waals surface area (Å²) in [6, 6.07) is 0.974. The maximum atomic E-state index is 12.1. The Morgan fingerprint density at radius 1 is 1.19 bits per heavy atom. The minimum absolute atomic E-state index is 0.0160. The lowest BCUT2D eigenvalue weighted by molar-refractivity contribution is -0.141. The van der Waals surface area contributed by atoms with E-state index in [0.29, 0.717) is 0 Å². The average molecular weight is 354 g/mol. The molecule has 1 aromatic rings. The molecule has 1 heterocycles. The van der Waals surface area contributed by atoms with Gasteiger partial charge in [-0.05, 0) is 12.1 Å². The van der Waals surface area contributed by atoms with Crippen molar-refractivity contribution in [2.45, 2.75) is 18.6 Å². The predicted octanol–water partition coefficient (Wildman–Crippen LogP) is 2.70. The second-order valence-electron chi connectivity index (χ2n) is 4.57. The van der Waals surface area contributed by atoms with Gasteiger partial charge in [0.05, 0.1) is 26.9 Å². The number of β-amino-alcohol motifs (C(OH)–C–C–N with tert-alkyl or cyclic N) is 1. The summed E-state index contributed by atoms with van der Waals surface area (Å²) in [6.07, 6.45) is -0.890. The van der Waals surface area contributed by atoms with Gasteiger partial charge in [-0.3, -0.25) is 0 Å². The minimum atomic E-state index is -1.18. The fraction of sp³-hybridized carbons (Fsp3) is 0.333. The van der Waals surface area contributed by atoms with Crippen LogP contribution in [0.5, 0.6) is 0 Å². The van der Waals surface area contributed by atoms with E-state index in [0.717, 1.165) is 4.90 Å². The fourth-order valence-electron chi connectivity index (χ4n) is 2.08. The van der Waals surface area contributed by atoms with Gasteiger partial charge in [0, 0.05) is 13.0 Å². The number of aliphatic carboxylic acids is 1. The van der Waals surface area contributed by atoms with Crippen LogP contribution in [-0.4, -0.2) is 45.8 Å². The normalized spacial score (nSPS) is 21.4. The van der Waals surface area contributed by atoms with Crippen LogP contribution >= 0.6 is 34.8 Å². The number of benzene rings is 1. The standard InChI is InChI=1S/C12H11Cl3N2O4/c13-6-2-8(15)9(3-7(6)14)16-12(21)17-4-5(18)1-10(17)11(19)20/h2-3,5,10,18H,1,4H2,(H,16,21)(H,19,20)/t5-,10+/m1/s1. The largest absolute Gasteiger partial charge is 0.480 e. The third-order valence-corrected chi connectivity index (χ3v) is 4.11. The summed E-state index contributed by atoms with van der Waals surface area (Å²) in [5, 5.41) is 21.6. The van der Waals surface area contributed by atoms with Crippen molar-refractivity contribution >= 4 is 52.5 Å². The lowest BCUT2D eigenvalue weighted by atomic mass is 10.2. The number of aliphatic hydroxyl groups is 1. The molecule has 9 heteroatoms. The number of nitrogens with zero attached hydrogens (tertiary/aromatic N) is 1. The zero-order valence-electron chi connectivity index (χ0n) is 10.5. The van der Waals surface area contributed by atoms with Crippen LogP contribution in [0.15, 0.2) is 12.1 Å². The van der Waals surface area contributed by atoms with E-state index < -0.39 is 24.1 Å². The van der Waals surface area contributed by atoms with E-state index in [9.17, 15) is 14.7 Å². The van der Waals surface area contributed by atoms with E-state index in [1.165, 1.54) is 12.1 Å². The number of likely N-dealkylation sites (tertiary alicyclic amines) is 1. The molecule has 1 aliphatic heterocycles. The minimum Gasteiger partial charge on any atom is -0.480 e. The van der Waals surface area contributed by atoms with Gasteiger partial charge in [-0.25, -0.2) is 9.59 Å². The molecular weight excluding hydrogens is 343 g/mol. The van der Waals surface area contributed by atoms with Gasteiger partial charge in [-0.15, -0.1) is 0 Å². The van der Waals surface area contributed by atoms with Crippen LogP contribution in [0, 0.1) is 0 Å². The van der Waals surface area contributed by atoms with Gasteiger partial charge in [0.2, 0.25) is 0 Å². The summed E-state index contributed by atoms with van der Waals surface area (Å²) in [4.78, 5) is 24.2. The van der Waals surface area contributed by atoms with Gasteiger partial charge in [0.25, 0.3) is 0 Å². The first-order valence-electron chi connectivity index (χ1n) is 5.92. The molecule has 2 rings (SSSR count). The maximum Gasteiger partial charge on any atom is 0.326 e. The Labute approximate surface area is 135 Å². The summed E-state index contributed by atoms with van der Waals surface area (Å²) in [6.45, 7) is -0.0677. The lowest BCUT2D eigenvalue weighted by Crippen LogP contribution is -2.43. The molecule has 0 unspecified atom stereocenters. The van der Waals surface area contributed by atoms with Gasteiger partial charge < -0.3 is 20.4 Å². The molecule has 3 N–H and O–H groups in total. The number of anilines is 1. The number of nitrogens with one attached hydrogen (secondary N) is 1. The Balaban J connectivity index is 2.18. The Morgan fingerprint density at radius 2 is 1.81 bits per heavy atom. The molecule has 0 bridgehead atoms. The van der Waals surface area contributed by atoms with Gasteiger partial charge >= 0.3 is 12.0 Å². The molecule has 0 aromatic heterocycles. The Morgan fingerprint density at radius 3 is 2.43 bits per heavy atom. The quantitative estimate of drug-likeness (QED) is 0.713. The molecule has 6 nitrogen and oxygen atoms in total. The van der Waals surface area contributed by atoms with Crippen molar-refractivity contribution in [2.75, 3.05) is 11.9 Å². The Kier molecular flexibility index (Phi) is 4.83. The van der Waals surface area contributed by atoms with E-state index in [4.69, 9.17) is 39.9 Å². The van der Waals surface area contributed by atoms with Crippen LogP contribution in [-0.2, 0) is 4.79 Å². The monoisotopic (exact) mass is 352 g/mol. The van der Waals surface area contributed by atoms with Crippen molar-refractivity contribution in [2.24, 2.45) is 0 Å². The highest BCUT2D eigenvalue weighted by molar-refractivity contribution is 6.44. The van der Waals surface area contributed by atoms with Crippen LogP contribution in [0.2, 0.25) is 15.1 Å². The molecule has 1 saturated heterocycles. The molecule has 2 atom stereocenters. The smallest absolute Gasteiger partial charge is 0.326 e. The number of rotatable bonds is 2. The first-order chi connectivity index (χ1) is 9.79. The van der Waals surface area contributed by atoms with Gasteiger partial charge in [0.1, 0.15) is 6.04 Å². The topological polar surface area (TPSA) is 89.9 Å². The summed E-state index contributed by atoms with van der Waals surface area (Å²) in [5.74, 6) is -1.18. The van der Waals surface area contributed by atoms with Crippen LogP contribution in [0.25, 0.3) is 0 Å². The second kappa shape index (κ2) is 6.27. The Hall–Kier alpha value is -1.21. The zero-order valence-corrected chi connectivity index (χ0v) is 12.8. The van der Waals surface area contributed by atoms with E-state index in [1.807, 2.05) is 0 Å². The molecule has 2 amide bonds. The van der Waals surface area contributed by atoms with Crippen LogP contribution in [0.1, 0.15) is 6.42 Å². The van der Waals surface area contributed by atoms with Gasteiger partial charge in [-0.1, -0.05) is 34.8 Å². The number of amides is 2. The van der Waals surface area contributed by atoms with Crippen molar-refractivity contribution in [3.8, 4) is 0 Å². The first kappa shape index (κ1) is 16.2. The van der Waals surface area contributed by atoms with Crippen molar-refractivity contribution in [1.29, 1.82) is 0 Å². The Bertz CT molecular complexity index is 596. The summed E-state index contributed by atoms with van der Waals surface area (Å²) in [5.41, 5.74) is 0.210. The van der Waals surface area contributed by atoms with Crippen molar-refractivity contribution in [1.82, 2.24) is 4.90 Å². The number of carbonyl (C=O) groups is 2. The van der Waals surface area contributed by atoms with Crippen LogP contribution in [0.4, 0.5) is 10.5 Å². The molecule has 21 heavy (non-hydrogen) atoms. The molecular formula is C12H11Cl3N2O4. The molecule has 0 radical (unpaired) electrons. The number of urea groups is 1. The van der Waals surface area contributed by atoms with Crippen molar-refractivity contribution in [3.05, 3.63) is 27.2 Å². The lowest BCUT2D eigenvalue weighted by Gasteiger charge is -2.22. The number of aliphatic hydroxyl groups excluding tert-OH is 1. The molecule has 1 aromatic carbocycles.